The highest BCUT2D eigenvalue weighted by molar-refractivity contribution is 5.55. The van der Waals surface area contributed by atoms with Crippen LogP contribution in [0.5, 0.6) is 0 Å². The van der Waals surface area contributed by atoms with Crippen molar-refractivity contribution in [3.63, 3.8) is 0 Å². The Morgan fingerprint density at radius 3 is 2.68 bits per heavy atom. The predicted molar refractivity (Wildman–Crippen MR) is 75.8 cm³/mol. The summed E-state index contributed by atoms with van der Waals surface area (Å²) in [5.41, 5.74) is 2.39. The number of aryl methyl sites for hydroxylation is 1. The second-order valence-electron chi connectivity index (χ2n) is 5.65. The summed E-state index contributed by atoms with van der Waals surface area (Å²) >= 11 is 0. The van der Waals surface area contributed by atoms with Gasteiger partial charge in [0, 0.05) is 6.54 Å². The minimum absolute atomic E-state index is 0.635. The largest absolute Gasteiger partial charge is 0.367 e. The summed E-state index contributed by atoms with van der Waals surface area (Å²) in [6, 6.07) is 2.24. The first-order valence-corrected chi connectivity index (χ1v) is 7.11. The van der Waals surface area contributed by atoms with Crippen molar-refractivity contribution in [1.82, 2.24) is 10.2 Å². The molecule has 2 atom stereocenters. The lowest BCUT2D eigenvalue weighted by atomic mass is 9.80. The Balaban J connectivity index is 2.07. The predicted octanol–water partition coefficient (Wildman–Crippen LogP) is 3.20. The molecule has 1 fully saturated rings. The summed E-state index contributed by atoms with van der Waals surface area (Å²) in [5, 5.41) is 20.8. The lowest BCUT2D eigenvalue weighted by Crippen LogP contribution is -2.25. The van der Waals surface area contributed by atoms with Crippen LogP contribution in [0.3, 0.4) is 0 Å². The van der Waals surface area contributed by atoms with Crippen LogP contribution >= 0.6 is 0 Å². The van der Waals surface area contributed by atoms with Crippen LogP contribution in [0.1, 0.15) is 49.4 Å². The fraction of sp³-hybridized carbons (Fsp3) is 0.667. The second-order valence-corrected chi connectivity index (χ2v) is 5.65. The van der Waals surface area contributed by atoms with E-state index in [-0.39, 0.29) is 0 Å². The Morgan fingerprint density at radius 2 is 2.00 bits per heavy atom. The van der Waals surface area contributed by atoms with E-state index in [0.717, 1.165) is 23.7 Å². The van der Waals surface area contributed by atoms with Crippen LogP contribution in [0.4, 0.5) is 5.82 Å². The molecule has 0 bridgehead atoms. The van der Waals surface area contributed by atoms with E-state index in [1.54, 1.807) is 0 Å². The Morgan fingerprint density at radius 1 is 1.26 bits per heavy atom. The number of hydrogen-bond donors (Lipinski definition) is 1. The molecule has 0 radical (unpaired) electrons. The van der Waals surface area contributed by atoms with Crippen LogP contribution in [0.2, 0.25) is 0 Å². The highest BCUT2D eigenvalue weighted by Crippen LogP contribution is 2.30. The van der Waals surface area contributed by atoms with Gasteiger partial charge in [0.05, 0.1) is 5.69 Å². The number of hydrogen-bond acceptors (Lipinski definition) is 4. The topological polar surface area (TPSA) is 61.6 Å². The molecule has 1 saturated carbocycles. The normalized spacial score (nSPS) is 22.8. The van der Waals surface area contributed by atoms with Crippen molar-refractivity contribution in [3.05, 3.63) is 16.8 Å². The number of rotatable bonds is 3. The van der Waals surface area contributed by atoms with Gasteiger partial charge in [0.2, 0.25) is 0 Å². The minimum Gasteiger partial charge on any atom is -0.367 e. The molecule has 2 unspecified atom stereocenters. The summed E-state index contributed by atoms with van der Waals surface area (Å²) < 4.78 is 0. The fourth-order valence-corrected chi connectivity index (χ4v) is 2.79. The molecule has 1 aliphatic rings. The average molecular weight is 258 g/mol. The molecule has 1 N–H and O–H groups in total. The third-order valence-corrected chi connectivity index (χ3v) is 4.39. The van der Waals surface area contributed by atoms with Gasteiger partial charge in [-0.15, -0.1) is 5.10 Å². The van der Waals surface area contributed by atoms with Gasteiger partial charge in [0.25, 0.3) is 0 Å². The molecular weight excluding hydrogens is 236 g/mol. The molecule has 4 heteroatoms. The van der Waals surface area contributed by atoms with E-state index in [9.17, 15) is 5.26 Å². The standard InChI is InChI=1S/C15H22N4/c1-10-6-4-5-7-13(10)9-17-15-14(8-16)11(2)12(3)18-19-15/h10,13H,4-7,9H2,1-3H3,(H,17,19). The zero-order valence-electron chi connectivity index (χ0n) is 12.0. The molecule has 0 aliphatic heterocycles. The van der Waals surface area contributed by atoms with E-state index >= 15 is 0 Å². The molecule has 1 aliphatic carbocycles. The van der Waals surface area contributed by atoms with Gasteiger partial charge < -0.3 is 5.32 Å². The maximum atomic E-state index is 9.25. The van der Waals surface area contributed by atoms with Crippen LogP contribution in [0, 0.1) is 37.0 Å². The zero-order valence-corrected chi connectivity index (χ0v) is 12.0. The fourth-order valence-electron chi connectivity index (χ4n) is 2.79. The first kappa shape index (κ1) is 13.8. The van der Waals surface area contributed by atoms with E-state index in [1.807, 2.05) is 13.8 Å². The van der Waals surface area contributed by atoms with E-state index in [0.29, 0.717) is 17.3 Å². The van der Waals surface area contributed by atoms with E-state index in [1.165, 1.54) is 25.7 Å². The van der Waals surface area contributed by atoms with Crippen molar-refractivity contribution in [1.29, 1.82) is 5.26 Å². The second kappa shape index (κ2) is 6.01. The molecule has 0 amide bonds. The van der Waals surface area contributed by atoms with Gasteiger partial charge in [-0.2, -0.15) is 10.4 Å². The Labute approximate surface area is 115 Å². The first-order valence-electron chi connectivity index (χ1n) is 7.11. The third kappa shape index (κ3) is 3.04. The minimum atomic E-state index is 0.635. The van der Waals surface area contributed by atoms with Crippen LogP contribution in [0.15, 0.2) is 0 Å². The molecule has 1 aromatic heterocycles. The molecule has 0 saturated heterocycles. The van der Waals surface area contributed by atoms with Gasteiger partial charge >= 0.3 is 0 Å². The zero-order chi connectivity index (χ0) is 13.8. The van der Waals surface area contributed by atoms with Crippen molar-refractivity contribution in [3.8, 4) is 6.07 Å². The SMILES string of the molecule is Cc1nnc(NCC2CCCCC2C)c(C#N)c1C. The van der Waals surface area contributed by atoms with E-state index < -0.39 is 0 Å². The van der Waals surface area contributed by atoms with Gasteiger partial charge in [-0.05, 0) is 37.7 Å². The van der Waals surface area contributed by atoms with Crippen molar-refractivity contribution < 1.29 is 0 Å². The molecule has 1 heterocycles. The van der Waals surface area contributed by atoms with Crippen LogP contribution in [-0.2, 0) is 0 Å². The van der Waals surface area contributed by atoms with Crippen molar-refractivity contribution >= 4 is 5.82 Å². The number of aromatic nitrogens is 2. The van der Waals surface area contributed by atoms with Crippen LogP contribution < -0.4 is 5.32 Å². The van der Waals surface area contributed by atoms with Crippen LogP contribution in [0.25, 0.3) is 0 Å². The summed E-state index contributed by atoms with van der Waals surface area (Å²) in [6.45, 7) is 7.03. The summed E-state index contributed by atoms with van der Waals surface area (Å²) in [6.07, 6.45) is 5.26. The van der Waals surface area contributed by atoms with Crippen LogP contribution in [-0.4, -0.2) is 16.7 Å². The van der Waals surface area contributed by atoms with Crippen molar-refractivity contribution in [2.75, 3.05) is 11.9 Å². The van der Waals surface area contributed by atoms with Crippen molar-refractivity contribution in [2.45, 2.75) is 46.5 Å². The molecule has 19 heavy (non-hydrogen) atoms. The highest BCUT2D eigenvalue weighted by Gasteiger charge is 2.21. The number of anilines is 1. The number of nitriles is 1. The third-order valence-electron chi connectivity index (χ3n) is 4.39. The van der Waals surface area contributed by atoms with Gasteiger partial charge in [0.1, 0.15) is 11.6 Å². The Kier molecular flexibility index (Phi) is 4.36. The average Bonchev–Trinajstić information content (AvgIpc) is 2.41. The molecule has 0 spiro atoms. The smallest absolute Gasteiger partial charge is 0.166 e. The molecule has 4 nitrogen and oxygen atoms in total. The van der Waals surface area contributed by atoms with E-state index in [4.69, 9.17) is 0 Å². The maximum absolute atomic E-state index is 9.25. The molecule has 2 rings (SSSR count). The molecule has 1 aromatic rings. The Bertz CT molecular complexity index is 490. The quantitative estimate of drug-likeness (QED) is 0.904. The van der Waals surface area contributed by atoms with Gasteiger partial charge in [-0.3, -0.25) is 0 Å². The first-order chi connectivity index (χ1) is 9.13. The number of nitrogens with one attached hydrogen (secondary N) is 1. The molecular formula is C15H22N4. The lowest BCUT2D eigenvalue weighted by Gasteiger charge is -2.29. The van der Waals surface area contributed by atoms with Gasteiger partial charge in [0.15, 0.2) is 5.82 Å². The van der Waals surface area contributed by atoms with E-state index in [2.05, 4.69) is 28.5 Å². The molecule has 0 aromatic carbocycles. The Hall–Kier alpha value is -1.63. The van der Waals surface area contributed by atoms with Crippen molar-refractivity contribution in [2.24, 2.45) is 11.8 Å². The maximum Gasteiger partial charge on any atom is 0.166 e. The van der Waals surface area contributed by atoms with Gasteiger partial charge in [-0.1, -0.05) is 26.2 Å². The summed E-state index contributed by atoms with van der Waals surface area (Å²) in [7, 11) is 0. The molecule has 102 valence electrons. The summed E-state index contributed by atoms with van der Waals surface area (Å²) in [5.74, 6) is 2.08. The lowest BCUT2D eigenvalue weighted by molar-refractivity contribution is 0.268. The monoisotopic (exact) mass is 258 g/mol. The number of nitrogens with zero attached hydrogens (tertiary/aromatic N) is 3. The van der Waals surface area contributed by atoms with Gasteiger partial charge in [-0.25, -0.2) is 0 Å². The summed E-state index contributed by atoms with van der Waals surface area (Å²) in [4.78, 5) is 0. The highest BCUT2D eigenvalue weighted by atomic mass is 15.2.